The molecule has 0 heterocycles. The van der Waals surface area contributed by atoms with Gasteiger partial charge in [-0.25, -0.2) is 0 Å². The van der Waals surface area contributed by atoms with Crippen molar-refractivity contribution in [2.75, 3.05) is 0 Å². The van der Waals surface area contributed by atoms with Gasteiger partial charge in [0.1, 0.15) is 5.75 Å². The van der Waals surface area contributed by atoms with Crippen LogP contribution in [0.25, 0.3) is 21.5 Å². The summed E-state index contributed by atoms with van der Waals surface area (Å²) in [6.07, 6.45) is 1.77. The van der Waals surface area contributed by atoms with Crippen LogP contribution in [0, 0.1) is 0 Å². The van der Waals surface area contributed by atoms with Crippen molar-refractivity contribution in [3.05, 3.63) is 90.0 Å². The van der Waals surface area contributed by atoms with Gasteiger partial charge in [-0.1, -0.05) is 72.8 Å². The van der Waals surface area contributed by atoms with Crippen molar-refractivity contribution >= 4 is 27.8 Å². The number of nitrogens with zero attached hydrogens (tertiary/aromatic N) is 1. The Kier molecular flexibility index (Phi) is 3.95. The predicted molar refractivity (Wildman–Crippen MR) is 106 cm³/mol. The molecule has 25 heavy (non-hydrogen) atoms. The highest BCUT2D eigenvalue weighted by Crippen LogP contribution is 2.34. The molecule has 4 aromatic carbocycles. The van der Waals surface area contributed by atoms with Crippen LogP contribution < -0.4 is 0 Å². The average Bonchev–Trinajstić information content (AvgIpc) is 2.67. The lowest BCUT2D eigenvalue weighted by molar-refractivity contribution is 0.481. The summed E-state index contributed by atoms with van der Waals surface area (Å²) >= 11 is 0. The van der Waals surface area contributed by atoms with Gasteiger partial charge < -0.3 is 5.11 Å². The normalized spacial score (nSPS) is 12.8. The standard InChI is InChI=1S/C23H19NO/c1-16(17-7-3-2-4-8-17)24-15-20-14-13-19-12-11-18-9-5-6-10-21(18)22(19)23(20)25/h2-16,25H,1H3. The second kappa shape index (κ2) is 6.40. The fourth-order valence-electron chi connectivity index (χ4n) is 3.21. The number of benzene rings is 4. The maximum atomic E-state index is 10.8. The van der Waals surface area contributed by atoms with E-state index in [1.54, 1.807) is 6.21 Å². The predicted octanol–water partition coefficient (Wildman–Crippen LogP) is 5.88. The van der Waals surface area contributed by atoms with Crippen LogP contribution in [-0.4, -0.2) is 11.3 Å². The van der Waals surface area contributed by atoms with Crippen molar-refractivity contribution in [1.29, 1.82) is 0 Å². The molecule has 0 amide bonds. The number of phenols is 1. The van der Waals surface area contributed by atoms with E-state index in [2.05, 4.69) is 36.2 Å². The first kappa shape index (κ1) is 15.4. The summed E-state index contributed by atoms with van der Waals surface area (Å²) in [5.41, 5.74) is 1.90. The molecule has 0 fully saturated rings. The Hall–Kier alpha value is -3.13. The van der Waals surface area contributed by atoms with Crippen LogP contribution >= 0.6 is 0 Å². The molecule has 0 aromatic heterocycles. The van der Waals surface area contributed by atoms with Crippen molar-refractivity contribution < 1.29 is 5.11 Å². The first-order valence-corrected chi connectivity index (χ1v) is 8.45. The second-order valence-corrected chi connectivity index (χ2v) is 6.25. The van der Waals surface area contributed by atoms with E-state index >= 15 is 0 Å². The van der Waals surface area contributed by atoms with Crippen LogP contribution in [0.2, 0.25) is 0 Å². The summed E-state index contributed by atoms with van der Waals surface area (Å²) in [6, 6.07) is 26.4. The first-order chi connectivity index (χ1) is 12.2. The van der Waals surface area contributed by atoms with Crippen LogP contribution in [-0.2, 0) is 0 Å². The third kappa shape index (κ3) is 2.87. The van der Waals surface area contributed by atoms with Crippen LogP contribution in [0.15, 0.2) is 83.9 Å². The van der Waals surface area contributed by atoms with Gasteiger partial charge in [-0.15, -0.1) is 0 Å². The second-order valence-electron chi connectivity index (χ2n) is 6.25. The molecule has 0 aliphatic carbocycles. The minimum absolute atomic E-state index is 0.0452. The number of aliphatic imine (C=N–C) groups is 1. The Labute approximate surface area is 147 Å². The molecule has 1 N–H and O–H groups in total. The summed E-state index contributed by atoms with van der Waals surface area (Å²) in [7, 11) is 0. The number of hydrogen-bond donors (Lipinski definition) is 1. The van der Waals surface area contributed by atoms with E-state index in [9.17, 15) is 5.11 Å². The fourth-order valence-corrected chi connectivity index (χ4v) is 3.21. The third-order valence-corrected chi connectivity index (χ3v) is 4.63. The topological polar surface area (TPSA) is 32.6 Å². The monoisotopic (exact) mass is 325 g/mol. The number of rotatable bonds is 3. The van der Waals surface area contributed by atoms with Crippen LogP contribution in [0.1, 0.15) is 24.1 Å². The summed E-state index contributed by atoms with van der Waals surface area (Å²) in [4.78, 5) is 4.63. The van der Waals surface area contributed by atoms with E-state index in [0.29, 0.717) is 5.75 Å². The van der Waals surface area contributed by atoms with E-state index in [1.807, 2.05) is 54.6 Å². The highest BCUT2D eigenvalue weighted by atomic mass is 16.3. The van der Waals surface area contributed by atoms with Gasteiger partial charge in [0, 0.05) is 17.2 Å². The van der Waals surface area contributed by atoms with Gasteiger partial charge in [0.15, 0.2) is 0 Å². The first-order valence-electron chi connectivity index (χ1n) is 8.45. The maximum absolute atomic E-state index is 10.8. The molecule has 2 nitrogen and oxygen atoms in total. The fraction of sp³-hybridized carbons (Fsp3) is 0.0870. The molecule has 0 saturated heterocycles. The summed E-state index contributed by atoms with van der Waals surface area (Å²) in [5.74, 6) is 0.290. The SMILES string of the molecule is CC(N=Cc1ccc2ccc3ccccc3c2c1O)c1ccccc1. The molecule has 4 aromatic rings. The zero-order valence-electron chi connectivity index (χ0n) is 14.1. The van der Waals surface area contributed by atoms with E-state index in [0.717, 1.165) is 32.7 Å². The largest absolute Gasteiger partial charge is 0.507 e. The van der Waals surface area contributed by atoms with Gasteiger partial charge in [0.05, 0.1) is 6.04 Å². The summed E-state index contributed by atoms with van der Waals surface area (Å²) in [5, 5.41) is 14.9. The lowest BCUT2D eigenvalue weighted by Crippen LogP contribution is -1.92. The molecule has 1 unspecified atom stereocenters. The van der Waals surface area contributed by atoms with Crippen molar-refractivity contribution in [2.45, 2.75) is 13.0 Å². The zero-order valence-corrected chi connectivity index (χ0v) is 14.1. The zero-order chi connectivity index (χ0) is 17.2. The number of hydrogen-bond acceptors (Lipinski definition) is 2. The minimum Gasteiger partial charge on any atom is -0.507 e. The van der Waals surface area contributed by atoms with E-state index in [1.165, 1.54) is 0 Å². The van der Waals surface area contributed by atoms with Gasteiger partial charge >= 0.3 is 0 Å². The molecule has 0 spiro atoms. The maximum Gasteiger partial charge on any atom is 0.132 e. The molecular weight excluding hydrogens is 306 g/mol. The van der Waals surface area contributed by atoms with Gasteiger partial charge in [0.2, 0.25) is 0 Å². The van der Waals surface area contributed by atoms with Crippen LogP contribution in [0.5, 0.6) is 5.75 Å². The molecule has 0 aliphatic heterocycles. The molecule has 122 valence electrons. The molecule has 4 rings (SSSR count). The summed E-state index contributed by atoms with van der Waals surface area (Å²) < 4.78 is 0. The molecule has 0 radical (unpaired) electrons. The van der Waals surface area contributed by atoms with Gasteiger partial charge in [-0.2, -0.15) is 0 Å². The molecule has 0 saturated carbocycles. The Morgan fingerprint density at radius 1 is 0.800 bits per heavy atom. The summed E-state index contributed by atoms with van der Waals surface area (Å²) in [6.45, 7) is 2.05. The molecule has 0 aliphatic rings. The third-order valence-electron chi connectivity index (χ3n) is 4.63. The Bertz CT molecular complexity index is 1070. The van der Waals surface area contributed by atoms with Crippen molar-refractivity contribution in [1.82, 2.24) is 0 Å². The lowest BCUT2D eigenvalue weighted by Gasteiger charge is -2.09. The molecular formula is C23H19NO. The highest BCUT2D eigenvalue weighted by Gasteiger charge is 2.09. The van der Waals surface area contributed by atoms with Crippen molar-refractivity contribution in [2.24, 2.45) is 4.99 Å². The smallest absolute Gasteiger partial charge is 0.132 e. The Balaban J connectivity index is 1.79. The Morgan fingerprint density at radius 3 is 2.32 bits per heavy atom. The van der Waals surface area contributed by atoms with Gasteiger partial charge in [-0.3, -0.25) is 4.99 Å². The van der Waals surface area contributed by atoms with E-state index in [4.69, 9.17) is 0 Å². The van der Waals surface area contributed by atoms with Crippen LogP contribution in [0.4, 0.5) is 0 Å². The molecule has 0 bridgehead atoms. The van der Waals surface area contributed by atoms with E-state index in [-0.39, 0.29) is 6.04 Å². The van der Waals surface area contributed by atoms with Crippen molar-refractivity contribution in [3.63, 3.8) is 0 Å². The molecule has 1 atom stereocenters. The lowest BCUT2D eigenvalue weighted by atomic mass is 9.99. The van der Waals surface area contributed by atoms with Gasteiger partial charge in [-0.05, 0) is 34.7 Å². The van der Waals surface area contributed by atoms with Crippen molar-refractivity contribution in [3.8, 4) is 5.75 Å². The molecule has 2 heteroatoms. The number of phenolic OH excluding ortho intramolecular Hbond substituents is 1. The Morgan fingerprint density at radius 2 is 1.48 bits per heavy atom. The number of fused-ring (bicyclic) bond motifs is 3. The van der Waals surface area contributed by atoms with Gasteiger partial charge in [0.25, 0.3) is 0 Å². The average molecular weight is 325 g/mol. The minimum atomic E-state index is 0.0452. The quantitative estimate of drug-likeness (QED) is 0.370. The number of aromatic hydroxyl groups is 1. The van der Waals surface area contributed by atoms with E-state index < -0.39 is 0 Å². The highest BCUT2D eigenvalue weighted by molar-refractivity contribution is 6.12. The van der Waals surface area contributed by atoms with Crippen LogP contribution in [0.3, 0.4) is 0 Å².